The van der Waals surface area contributed by atoms with E-state index in [0.717, 1.165) is 48.1 Å². The number of carbonyl (C=O) groups is 9. The molecule has 476 valence electrons. The lowest BCUT2D eigenvalue weighted by Crippen LogP contribution is -2.61. The second-order valence-corrected chi connectivity index (χ2v) is 23.5. The lowest BCUT2D eigenvalue weighted by Gasteiger charge is -2.28. The van der Waals surface area contributed by atoms with Gasteiger partial charge in [-0.3, -0.25) is 43.2 Å². The van der Waals surface area contributed by atoms with Crippen LogP contribution in [0.5, 0.6) is 5.75 Å². The van der Waals surface area contributed by atoms with Crippen molar-refractivity contribution in [3.05, 3.63) is 112 Å². The number of hydrogen-bond donors (Lipinski definition) is 16. The van der Waals surface area contributed by atoms with Crippen molar-refractivity contribution in [3.63, 3.8) is 0 Å². The van der Waals surface area contributed by atoms with Crippen LogP contribution in [0.3, 0.4) is 0 Å². The van der Waals surface area contributed by atoms with Crippen LogP contribution in [0.4, 0.5) is 5.13 Å². The highest BCUT2D eigenvalue weighted by atomic mass is 32.1. The Balaban J connectivity index is 1.20. The molecule has 0 fully saturated rings. The maximum Gasteiger partial charge on any atom is 0.244 e. The maximum atomic E-state index is 14.9. The van der Waals surface area contributed by atoms with Gasteiger partial charge in [0.2, 0.25) is 53.2 Å². The number of carbonyl (C=O) groups excluding carboxylic acids is 9. The first-order chi connectivity index (χ1) is 42.2. The molecular formula is C60H82N14O11S3. The van der Waals surface area contributed by atoms with Gasteiger partial charge in [0.25, 0.3) is 0 Å². The Labute approximate surface area is 525 Å². The number of fused-ring (bicyclic) bond motifs is 2. The standard InChI is InChI=1S/C60H82N14O11S3/c1-3-40(53(79)70-48(33-87)59(85)73-51(34(2)75)52(62)78)66-54(80)43(16-9-10-24-61)67-57(83)46(30-37-31-64-41-15-8-7-14-39(37)41)69-56(82)45(29-36-18-20-38(76)21-19-36)68-58(84)47(32-86)71-55(81)44(28-35-12-5-4-6-13-35)65-50(77)17-11-25-74-26-22-42-49(23-27-74)88-60(63)72-42/h4-8,12-15,18-21,31,34,40,43-48,51,64,75-76,86-87H,3,9-11,16-17,22-30,32-33,61H2,1-2H3,(H2,62,78)(H2,63,72)(H,65,77)(H,66,80)(H,67,83)(H,68,84)(H,69,82)(H,70,79)(H,71,81)(H,73,85)/t34-,40+,43+,44-,45+,46-,47+,48+,51+/m1/s1. The molecular weight excluding hydrogens is 1190 g/mol. The summed E-state index contributed by atoms with van der Waals surface area (Å²) in [6.45, 7) is 5.32. The molecule has 5 aromatic rings. The first-order valence-electron chi connectivity index (χ1n) is 29.3. The number of unbranched alkanes of at least 4 members (excludes halogenated alkanes) is 1. The number of nitrogens with two attached hydrogens (primary N) is 3. The molecule has 0 bridgehead atoms. The third-order valence-corrected chi connectivity index (χ3v) is 16.7. The number of nitrogens with zero attached hydrogens (tertiary/aromatic N) is 2. The van der Waals surface area contributed by atoms with E-state index in [1.807, 2.05) is 36.4 Å². The minimum atomic E-state index is -1.47. The van der Waals surface area contributed by atoms with Crippen LogP contribution in [0.15, 0.2) is 85.1 Å². The van der Waals surface area contributed by atoms with Gasteiger partial charge in [0.15, 0.2) is 5.13 Å². The molecule has 0 aliphatic carbocycles. The van der Waals surface area contributed by atoms with Crippen molar-refractivity contribution in [1.82, 2.24) is 57.4 Å². The van der Waals surface area contributed by atoms with E-state index in [0.29, 0.717) is 42.1 Å². The van der Waals surface area contributed by atoms with Crippen LogP contribution in [-0.2, 0) is 75.3 Å². The summed E-state index contributed by atoms with van der Waals surface area (Å²) in [5.74, 6) is -7.55. The SMILES string of the molecule is CC[C@H](NC(=O)[C@H](CCCCN)NC(=O)[C@@H](Cc1c[nH]c2ccccc12)NC(=O)[C@H](Cc1ccc(O)cc1)NC(=O)[C@H](CS)NC(=O)[C@@H](Cc1ccccc1)NC(=O)CCCN1CCc2nc(N)sc2CC1)C(=O)N[C@@H](CS)C(=O)N[C@H](C(N)=O)[C@@H](C)O. The predicted octanol–water partition coefficient (Wildman–Crippen LogP) is -0.0358. The van der Waals surface area contributed by atoms with Crippen molar-refractivity contribution in [3.8, 4) is 5.75 Å². The van der Waals surface area contributed by atoms with Crippen LogP contribution in [0.1, 0.15) is 79.6 Å². The van der Waals surface area contributed by atoms with Crippen molar-refractivity contribution in [2.45, 2.75) is 139 Å². The van der Waals surface area contributed by atoms with Crippen molar-refractivity contribution >= 4 is 106 Å². The number of phenols is 1. The third-order valence-electron chi connectivity index (χ3n) is 15.0. The van der Waals surface area contributed by atoms with Crippen LogP contribution in [0.25, 0.3) is 10.9 Å². The minimum absolute atomic E-state index is 0.0162. The number of thiazole rings is 1. The van der Waals surface area contributed by atoms with Crippen LogP contribution in [0.2, 0.25) is 0 Å². The van der Waals surface area contributed by atoms with Crippen LogP contribution < -0.4 is 59.7 Å². The maximum absolute atomic E-state index is 14.9. The Morgan fingerprint density at radius 3 is 1.78 bits per heavy atom. The van der Waals surface area contributed by atoms with E-state index in [2.05, 4.69) is 82.7 Å². The molecule has 17 N–H and O–H groups in total. The number of thiol groups is 2. The van der Waals surface area contributed by atoms with E-state index in [9.17, 15) is 53.4 Å². The van der Waals surface area contributed by atoms with Crippen LogP contribution in [-0.4, -0.2) is 170 Å². The quantitative estimate of drug-likeness (QED) is 0.0190. The van der Waals surface area contributed by atoms with Gasteiger partial charge in [-0.05, 0) is 93.4 Å². The van der Waals surface area contributed by atoms with Gasteiger partial charge in [0, 0.05) is 78.7 Å². The monoisotopic (exact) mass is 1270 g/mol. The number of aromatic nitrogens is 2. The fraction of sp³-hybridized carbons (Fsp3) is 0.467. The fourth-order valence-corrected chi connectivity index (χ4v) is 11.4. The number of aliphatic hydroxyl groups excluding tert-OH is 1. The summed E-state index contributed by atoms with van der Waals surface area (Å²) >= 11 is 10.1. The zero-order valence-electron chi connectivity index (χ0n) is 49.3. The van der Waals surface area contributed by atoms with Gasteiger partial charge in [-0.25, -0.2) is 4.98 Å². The number of amides is 9. The average molecular weight is 1270 g/mol. The number of para-hydroxylation sites is 1. The number of primary amides is 1. The van der Waals surface area contributed by atoms with Crippen molar-refractivity contribution in [2.24, 2.45) is 11.5 Å². The predicted molar refractivity (Wildman–Crippen MR) is 341 cm³/mol. The van der Waals surface area contributed by atoms with Crippen molar-refractivity contribution in [2.75, 3.05) is 43.4 Å². The van der Waals surface area contributed by atoms with Gasteiger partial charge in [0.05, 0.1) is 11.8 Å². The van der Waals surface area contributed by atoms with E-state index in [-0.39, 0.29) is 68.2 Å². The summed E-state index contributed by atoms with van der Waals surface area (Å²) in [7, 11) is 0. The number of anilines is 1. The van der Waals surface area contributed by atoms with Gasteiger partial charge < -0.3 is 79.8 Å². The molecule has 0 unspecified atom stereocenters. The molecule has 3 heterocycles. The molecule has 88 heavy (non-hydrogen) atoms. The number of rotatable bonds is 34. The fourth-order valence-electron chi connectivity index (χ4n) is 10.1. The van der Waals surface area contributed by atoms with Crippen molar-refractivity contribution < 1.29 is 53.4 Å². The van der Waals surface area contributed by atoms with E-state index in [1.165, 1.54) is 35.3 Å². The topological polar surface area (TPSA) is 400 Å². The number of benzene rings is 3. The summed E-state index contributed by atoms with van der Waals surface area (Å²) < 4.78 is 0. The number of aromatic amines is 1. The summed E-state index contributed by atoms with van der Waals surface area (Å²) in [6, 6.07) is 11.5. The molecule has 9 atom stereocenters. The Bertz CT molecular complexity index is 3140. The molecule has 0 saturated heterocycles. The molecule has 1 aliphatic heterocycles. The zero-order chi connectivity index (χ0) is 63.9. The molecule has 3 aromatic carbocycles. The van der Waals surface area contributed by atoms with Crippen molar-refractivity contribution in [1.29, 1.82) is 0 Å². The molecule has 9 amide bonds. The van der Waals surface area contributed by atoms with Gasteiger partial charge in [-0.2, -0.15) is 25.3 Å². The molecule has 6 rings (SSSR count). The second kappa shape index (κ2) is 34.7. The number of phenolic OH excluding ortho intramolecular Hbond substituents is 1. The number of H-pyrrole nitrogens is 1. The normalized spacial score (nSPS) is 15.4. The molecule has 0 radical (unpaired) electrons. The largest absolute Gasteiger partial charge is 0.508 e. The summed E-state index contributed by atoms with van der Waals surface area (Å²) in [5, 5.41) is 42.8. The Kier molecular flexibility index (Phi) is 27.3. The van der Waals surface area contributed by atoms with E-state index < -0.39 is 102 Å². The molecule has 1 aliphatic rings. The summed E-state index contributed by atoms with van der Waals surface area (Å²) in [5.41, 5.74) is 20.7. The third kappa shape index (κ3) is 21.0. The minimum Gasteiger partial charge on any atom is -0.508 e. The average Bonchev–Trinajstić information content (AvgIpc) is 3.11. The Morgan fingerprint density at radius 1 is 0.648 bits per heavy atom. The first-order valence-corrected chi connectivity index (χ1v) is 31.4. The van der Waals surface area contributed by atoms with Gasteiger partial charge in [0.1, 0.15) is 54.1 Å². The molecule has 25 nitrogen and oxygen atoms in total. The number of nitrogen functional groups attached to an aromatic ring is 1. The highest BCUT2D eigenvalue weighted by molar-refractivity contribution is 7.80. The smallest absolute Gasteiger partial charge is 0.244 e. The van der Waals surface area contributed by atoms with E-state index in [1.54, 1.807) is 43.5 Å². The molecule has 2 aromatic heterocycles. The lowest BCUT2D eigenvalue weighted by atomic mass is 10.0. The number of aromatic hydroxyl groups is 1. The van der Waals surface area contributed by atoms with Gasteiger partial charge in [-0.15, -0.1) is 11.3 Å². The van der Waals surface area contributed by atoms with Gasteiger partial charge >= 0.3 is 0 Å². The summed E-state index contributed by atoms with van der Waals surface area (Å²) in [6.07, 6.45) is 3.17. The first kappa shape index (κ1) is 69.3. The van der Waals surface area contributed by atoms with Gasteiger partial charge in [-0.1, -0.05) is 67.6 Å². The highest BCUT2D eigenvalue weighted by Gasteiger charge is 2.35. The summed E-state index contributed by atoms with van der Waals surface area (Å²) in [4.78, 5) is 136. The Hall–Kier alpha value is -7.76. The molecule has 0 spiro atoms. The second-order valence-electron chi connectivity index (χ2n) is 21.7. The zero-order valence-corrected chi connectivity index (χ0v) is 51.9. The molecule has 28 heteroatoms. The molecule has 0 saturated carbocycles. The Morgan fingerprint density at radius 2 is 1.17 bits per heavy atom. The van der Waals surface area contributed by atoms with Crippen LogP contribution in [0, 0.1) is 0 Å². The van der Waals surface area contributed by atoms with Crippen LogP contribution >= 0.6 is 36.6 Å². The lowest BCUT2D eigenvalue weighted by molar-refractivity contribution is -0.135. The number of aliphatic hydroxyl groups is 1. The number of nitrogens with one attached hydrogen (secondary N) is 9. The number of hydrogen-bond acceptors (Lipinski definition) is 18. The van der Waals surface area contributed by atoms with E-state index in [4.69, 9.17) is 17.2 Å². The highest BCUT2D eigenvalue weighted by Crippen LogP contribution is 2.25. The van der Waals surface area contributed by atoms with E-state index >= 15 is 0 Å².